The standard InChI is InChI=1S/C17H19ClN2/c18-16-8-7-14(11-19)17(10-16)20-9-3-6-13-4-1-2-5-15(13)12-20/h1-2,4-5,7-8,10H,3,6,9,11-12,19H2. The van der Waals surface area contributed by atoms with E-state index >= 15 is 0 Å². The van der Waals surface area contributed by atoms with Crippen molar-refractivity contribution in [1.29, 1.82) is 0 Å². The van der Waals surface area contributed by atoms with Crippen LogP contribution in [0.1, 0.15) is 23.1 Å². The van der Waals surface area contributed by atoms with Gasteiger partial charge in [-0.3, -0.25) is 0 Å². The highest BCUT2D eigenvalue weighted by atomic mass is 35.5. The van der Waals surface area contributed by atoms with E-state index in [0.717, 1.165) is 36.5 Å². The number of nitrogens with two attached hydrogens (primary N) is 1. The summed E-state index contributed by atoms with van der Waals surface area (Å²) in [5.74, 6) is 0. The van der Waals surface area contributed by atoms with Crippen LogP contribution in [0.15, 0.2) is 42.5 Å². The summed E-state index contributed by atoms with van der Waals surface area (Å²) in [6, 6.07) is 14.7. The van der Waals surface area contributed by atoms with E-state index in [-0.39, 0.29) is 0 Å². The van der Waals surface area contributed by atoms with Crippen molar-refractivity contribution in [3.05, 3.63) is 64.2 Å². The molecule has 3 rings (SSSR count). The lowest BCUT2D eigenvalue weighted by Crippen LogP contribution is -2.24. The van der Waals surface area contributed by atoms with Crippen LogP contribution in [0, 0.1) is 0 Å². The van der Waals surface area contributed by atoms with Gasteiger partial charge in [0.25, 0.3) is 0 Å². The normalized spacial score (nSPS) is 14.8. The van der Waals surface area contributed by atoms with Gasteiger partial charge in [-0.2, -0.15) is 0 Å². The smallest absolute Gasteiger partial charge is 0.0432 e. The molecule has 0 saturated heterocycles. The second-order valence-corrected chi connectivity index (χ2v) is 5.71. The summed E-state index contributed by atoms with van der Waals surface area (Å²) < 4.78 is 0. The van der Waals surface area contributed by atoms with Crippen LogP contribution in [0.2, 0.25) is 5.02 Å². The quantitative estimate of drug-likeness (QED) is 0.911. The van der Waals surface area contributed by atoms with Gasteiger partial charge in [0.05, 0.1) is 0 Å². The maximum atomic E-state index is 6.17. The summed E-state index contributed by atoms with van der Waals surface area (Å²) in [7, 11) is 0. The number of halogens is 1. The summed E-state index contributed by atoms with van der Waals surface area (Å²) in [5, 5.41) is 0.773. The average Bonchev–Trinajstić information content (AvgIpc) is 2.69. The summed E-state index contributed by atoms with van der Waals surface area (Å²) in [4.78, 5) is 2.40. The van der Waals surface area contributed by atoms with Gasteiger partial charge in [0.2, 0.25) is 0 Å². The molecule has 0 radical (unpaired) electrons. The Morgan fingerprint density at radius 3 is 2.70 bits per heavy atom. The number of rotatable bonds is 2. The molecule has 3 heteroatoms. The predicted molar refractivity (Wildman–Crippen MR) is 85.2 cm³/mol. The zero-order valence-electron chi connectivity index (χ0n) is 11.5. The minimum absolute atomic E-state index is 0.546. The number of hydrogen-bond donors (Lipinski definition) is 1. The van der Waals surface area contributed by atoms with E-state index in [1.165, 1.54) is 16.8 Å². The number of benzene rings is 2. The number of aryl methyl sites for hydroxylation is 1. The maximum absolute atomic E-state index is 6.17. The lowest BCUT2D eigenvalue weighted by atomic mass is 10.0. The number of hydrogen-bond acceptors (Lipinski definition) is 2. The van der Waals surface area contributed by atoms with Gasteiger partial charge in [-0.1, -0.05) is 41.9 Å². The molecule has 1 aliphatic rings. The van der Waals surface area contributed by atoms with Gasteiger partial charge >= 0.3 is 0 Å². The second kappa shape index (κ2) is 5.86. The largest absolute Gasteiger partial charge is 0.367 e. The third-order valence-corrected chi connectivity index (χ3v) is 4.20. The van der Waals surface area contributed by atoms with E-state index in [2.05, 4.69) is 29.2 Å². The average molecular weight is 287 g/mol. The van der Waals surface area contributed by atoms with Crippen LogP contribution in [0.5, 0.6) is 0 Å². The molecular weight excluding hydrogens is 268 g/mol. The first-order chi connectivity index (χ1) is 9.78. The molecule has 1 heterocycles. The highest BCUT2D eigenvalue weighted by molar-refractivity contribution is 6.30. The van der Waals surface area contributed by atoms with Crippen LogP contribution < -0.4 is 10.6 Å². The minimum Gasteiger partial charge on any atom is -0.367 e. The van der Waals surface area contributed by atoms with Gasteiger partial charge in [-0.15, -0.1) is 0 Å². The van der Waals surface area contributed by atoms with E-state index in [9.17, 15) is 0 Å². The Morgan fingerprint density at radius 2 is 1.90 bits per heavy atom. The molecule has 1 aliphatic heterocycles. The third-order valence-electron chi connectivity index (χ3n) is 3.96. The Hall–Kier alpha value is -1.51. The molecular formula is C17H19ClN2. The molecule has 0 fully saturated rings. The molecule has 0 saturated carbocycles. The van der Waals surface area contributed by atoms with Crippen molar-refractivity contribution in [2.45, 2.75) is 25.9 Å². The Labute approximate surface area is 125 Å². The zero-order valence-corrected chi connectivity index (χ0v) is 12.2. The molecule has 2 aromatic rings. The van der Waals surface area contributed by atoms with E-state index in [4.69, 9.17) is 17.3 Å². The first kappa shape index (κ1) is 13.5. The van der Waals surface area contributed by atoms with Crippen molar-refractivity contribution >= 4 is 17.3 Å². The molecule has 0 aromatic heterocycles. The van der Waals surface area contributed by atoms with Gasteiger partial charge in [-0.05, 0) is 41.7 Å². The molecule has 0 atom stereocenters. The first-order valence-corrected chi connectivity index (χ1v) is 7.46. The topological polar surface area (TPSA) is 29.3 Å². The fourth-order valence-corrected chi connectivity index (χ4v) is 3.08. The number of nitrogens with zero attached hydrogens (tertiary/aromatic N) is 1. The highest BCUT2D eigenvalue weighted by Crippen LogP contribution is 2.29. The molecule has 2 aromatic carbocycles. The van der Waals surface area contributed by atoms with Gasteiger partial charge in [0.1, 0.15) is 0 Å². The van der Waals surface area contributed by atoms with Crippen molar-refractivity contribution in [3.63, 3.8) is 0 Å². The fraction of sp³-hybridized carbons (Fsp3) is 0.294. The maximum Gasteiger partial charge on any atom is 0.0432 e. The summed E-state index contributed by atoms with van der Waals surface area (Å²) in [5.41, 5.74) is 11.1. The zero-order chi connectivity index (χ0) is 13.9. The molecule has 0 bridgehead atoms. The Morgan fingerprint density at radius 1 is 1.10 bits per heavy atom. The molecule has 104 valence electrons. The molecule has 0 unspecified atom stereocenters. The molecule has 2 nitrogen and oxygen atoms in total. The lowest BCUT2D eigenvalue weighted by Gasteiger charge is -2.26. The van der Waals surface area contributed by atoms with E-state index < -0.39 is 0 Å². The van der Waals surface area contributed by atoms with Gasteiger partial charge in [-0.25, -0.2) is 0 Å². The number of fused-ring (bicyclic) bond motifs is 1. The van der Waals surface area contributed by atoms with Crippen molar-refractivity contribution < 1.29 is 0 Å². The first-order valence-electron chi connectivity index (χ1n) is 7.08. The Balaban J connectivity index is 1.97. The summed E-state index contributed by atoms with van der Waals surface area (Å²) >= 11 is 6.17. The van der Waals surface area contributed by atoms with Gasteiger partial charge in [0.15, 0.2) is 0 Å². The van der Waals surface area contributed by atoms with Crippen molar-refractivity contribution in [3.8, 4) is 0 Å². The van der Waals surface area contributed by atoms with Gasteiger partial charge < -0.3 is 10.6 Å². The van der Waals surface area contributed by atoms with Crippen molar-refractivity contribution in [1.82, 2.24) is 0 Å². The van der Waals surface area contributed by atoms with Crippen LogP contribution in [0.3, 0.4) is 0 Å². The van der Waals surface area contributed by atoms with Crippen LogP contribution in [0.25, 0.3) is 0 Å². The fourth-order valence-electron chi connectivity index (χ4n) is 2.91. The van der Waals surface area contributed by atoms with Gasteiger partial charge in [0, 0.05) is 30.3 Å². The second-order valence-electron chi connectivity index (χ2n) is 5.27. The lowest BCUT2D eigenvalue weighted by molar-refractivity contribution is 0.760. The minimum atomic E-state index is 0.546. The highest BCUT2D eigenvalue weighted by Gasteiger charge is 2.16. The predicted octanol–water partition coefficient (Wildman–Crippen LogP) is 3.75. The van der Waals surface area contributed by atoms with Crippen molar-refractivity contribution in [2.75, 3.05) is 11.4 Å². The van der Waals surface area contributed by atoms with E-state index in [0.29, 0.717) is 6.54 Å². The van der Waals surface area contributed by atoms with Crippen LogP contribution in [-0.4, -0.2) is 6.54 Å². The summed E-state index contributed by atoms with van der Waals surface area (Å²) in [6.45, 7) is 2.52. The van der Waals surface area contributed by atoms with Crippen LogP contribution in [0.4, 0.5) is 5.69 Å². The number of anilines is 1. The van der Waals surface area contributed by atoms with E-state index in [1.54, 1.807) is 0 Å². The summed E-state index contributed by atoms with van der Waals surface area (Å²) in [6.07, 6.45) is 2.30. The van der Waals surface area contributed by atoms with E-state index in [1.807, 2.05) is 18.2 Å². The third kappa shape index (κ3) is 2.67. The SMILES string of the molecule is NCc1ccc(Cl)cc1N1CCCc2ccccc2C1. The molecule has 20 heavy (non-hydrogen) atoms. The van der Waals surface area contributed by atoms with Crippen LogP contribution >= 0.6 is 11.6 Å². The molecule has 0 aliphatic carbocycles. The molecule has 0 spiro atoms. The Bertz CT molecular complexity index is 610. The monoisotopic (exact) mass is 286 g/mol. The van der Waals surface area contributed by atoms with Crippen LogP contribution in [-0.2, 0) is 19.5 Å². The Kier molecular flexibility index (Phi) is 3.95. The molecule has 2 N–H and O–H groups in total. The van der Waals surface area contributed by atoms with Crippen molar-refractivity contribution in [2.24, 2.45) is 5.73 Å². The molecule has 0 amide bonds.